The molecule has 3 nitrogen and oxygen atoms in total. The molecule has 2 aromatic carbocycles. The molecule has 0 N–H and O–H groups in total. The first-order chi connectivity index (χ1) is 10.1. The summed E-state index contributed by atoms with van der Waals surface area (Å²) in [6, 6.07) is 14.8. The van der Waals surface area contributed by atoms with E-state index in [1.807, 2.05) is 6.07 Å². The average Bonchev–Trinajstić information content (AvgIpc) is 2.92. The highest BCUT2D eigenvalue weighted by Crippen LogP contribution is 2.34. The van der Waals surface area contributed by atoms with E-state index in [1.54, 1.807) is 36.4 Å². The summed E-state index contributed by atoms with van der Waals surface area (Å²) in [5.41, 5.74) is 1.21. The number of nitrogens with zero attached hydrogens (tertiary/aromatic N) is 2. The normalized spacial score (nSPS) is 11.5. The molecule has 5 heteroatoms. The molecule has 1 heterocycles. The predicted molar refractivity (Wildman–Crippen MR) is 72.8 cm³/mol. The second kappa shape index (κ2) is 4.98. The quantitative estimate of drug-likeness (QED) is 0.729. The van der Waals surface area contributed by atoms with E-state index in [1.165, 1.54) is 12.1 Å². The zero-order chi connectivity index (χ0) is 14.9. The van der Waals surface area contributed by atoms with E-state index >= 15 is 0 Å². The maximum absolute atomic E-state index is 14.3. The number of oxazole rings is 1. The Balaban J connectivity index is 1.98. The van der Waals surface area contributed by atoms with Gasteiger partial charge in [0.25, 0.3) is 5.89 Å². The Bertz CT molecular complexity index is 800. The average molecular weight is 284 g/mol. The Morgan fingerprint density at radius 3 is 2.57 bits per heavy atom. The molecule has 0 radical (unpaired) electrons. The minimum absolute atomic E-state index is 0.230. The molecule has 3 rings (SSSR count). The molecule has 0 unspecified atom stereocenters. The molecule has 0 saturated carbocycles. The Morgan fingerprint density at radius 1 is 1.10 bits per heavy atom. The zero-order valence-corrected chi connectivity index (χ0v) is 10.9. The van der Waals surface area contributed by atoms with Crippen LogP contribution in [0.15, 0.2) is 52.9 Å². The summed E-state index contributed by atoms with van der Waals surface area (Å²) in [6.45, 7) is 0. The summed E-state index contributed by atoms with van der Waals surface area (Å²) in [4.78, 5) is 3.84. The molecule has 21 heavy (non-hydrogen) atoms. The highest BCUT2D eigenvalue weighted by atomic mass is 19.3. The van der Waals surface area contributed by atoms with Crippen molar-refractivity contribution in [2.24, 2.45) is 0 Å². The summed E-state index contributed by atoms with van der Waals surface area (Å²) in [5, 5.41) is 8.97. The zero-order valence-electron chi connectivity index (χ0n) is 10.9. The van der Waals surface area contributed by atoms with Crippen molar-refractivity contribution < 1.29 is 13.2 Å². The molecule has 0 bridgehead atoms. The van der Waals surface area contributed by atoms with Gasteiger partial charge >= 0.3 is 5.92 Å². The lowest BCUT2D eigenvalue weighted by Gasteiger charge is -2.13. The van der Waals surface area contributed by atoms with E-state index in [4.69, 9.17) is 9.68 Å². The van der Waals surface area contributed by atoms with E-state index in [9.17, 15) is 8.78 Å². The Hall–Kier alpha value is -2.74. The van der Waals surface area contributed by atoms with E-state index in [-0.39, 0.29) is 11.1 Å². The van der Waals surface area contributed by atoms with Crippen LogP contribution < -0.4 is 0 Å². The summed E-state index contributed by atoms with van der Waals surface area (Å²) in [5.74, 6) is -3.90. The van der Waals surface area contributed by atoms with Gasteiger partial charge in [-0.2, -0.15) is 14.0 Å². The minimum Gasteiger partial charge on any atom is -0.435 e. The van der Waals surface area contributed by atoms with Crippen LogP contribution in [0.4, 0.5) is 8.78 Å². The maximum atomic E-state index is 14.3. The predicted octanol–water partition coefficient (Wildman–Crippen LogP) is 4.03. The Kier molecular flexibility index (Phi) is 3.15. The number of halogens is 2. The SMILES string of the molecule is N#Cc1ccccc1CC(F)(F)c1nc2ccccc2o1. The monoisotopic (exact) mass is 284 g/mol. The van der Waals surface area contributed by atoms with Crippen molar-refractivity contribution in [1.82, 2.24) is 4.98 Å². The first-order valence-electron chi connectivity index (χ1n) is 6.32. The topological polar surface area (TPSA) is 49.8 Å². The van der Waals surface area contributed by atoms with Crippen molar-refractivity contribution in [2.45, 2.75) is 12.3 Å². The van der Waals surface area contributed by atoms with Crippen LogP contribution in [0.5, 0.6) is 0 Å². The molecule has 0 aliphatic heterocycles. The van der Waals surface area contributed by atoms with Crippen LogP contribution in [0, 0.1) is 11.3 Å². The summed E-state index contributed by atoms with van der Waals surface area (Å²) in [7, 11) is 0. The van der Waals surface area contributed by atoms with E-state index in [0.29, 0.717) is 11.1 Å². The largest absolute Gasteiger partial charge is 0.435 e. The fourth-order valence-corrected chi connectivity index (χ4v) is 2.13. The molecule has 0 fully saturated rings. The third-order valence-electron chi connectivity index (χ3n) is 3.16. The molecule has 0 aliphatic carbocycles. The third kappa shape index (κ3) is 2.48. The molecule has 0 amide bonds. The number of hydrogen-bond acceptors (Lipinski definition) is 3. The number of rotatable bonds is 3. The second-order valence-electron chi connectivity index (χ2n) is 4.64. The van der Waals surface area contributed by atoms with Crippen LogP contribution in [0.1, 0.15) is 17.0 Å². The van der Waals surface area contributed by atoms with E-state index in [2.05, 4.69) is 4.98 Å². The van der Waals surface area contributed by atoms with Crippen molar-refractivity contribution in [3.05, 3.63) is 65.5 Å². The number of alkyl halides is 2. The minimum atomic E-state index is -3.27. The molecular weight excluding hydrogens is 274 g/mol. The van der Waals surface area contributed by atoms with Crippen molar-refractivity contribution in [3.8, 4) is 6.07 Å². The van der Waals surface area contributed by atoms with Gasteiger partial charge in [-0.15, -0.1) is 0 Å². The summed E-state index contributed by atoms with van der Waals surface area (Å²) >= 11 is 0. The van der Waals surface area contributed by atoms with Crippen molar-refractivity contribution >= 4 is 11.1 Å². The molecule has 0 saturated heterocycles. The summed E-state index contributed by atoms with van der Waals surface area (Å²) in [6.07, 6.45) is -0.621. The third-order valence-corrected chi connectivity index (χ3v) is 3.16. The lowest BCUT2D eigenvalue weighted by molar-refractivity contribution is -0.0293. The fourth-order valence-electron chi connectivity index (χ4n) is 2.13. The van der Waals surface area contributed by atoms with Crippen molar-refractivity contribution in [3.63, 3.8) is 0 Å². The maximum Gasteiger partial charge on any atom is 0.326 e. The van der Waals surface area contributed by atoms with Gasteiger partial charge in [0, 0.05) is 6.42 Å². The highest BCUT2D eigenvalue weighted by molar-refractivity contribution is 5.72. The van der Waals surface area contributed by atoms with Crippen LogP contribution in [-0.4, -0.2) is 4.98 Å². The molecule has 0 atom stereocenters. The lowest BCUT2D eigenvalue weighted by Crippen LogP contribution is -2.18. The number of para-hydroxylation sites is 2. The molecular formula is C16H10F2N2O. The smallest absolute Gasteiger partial charge is 0.326 e. The number of hydrogen-bond donors (Lipinski definition) is 0. The van der Waals surface area contributed by atoms with Crippen LogP contribution >= 0.6 is 0 Å². The van der Waals surface area contributed by atoms with Crippen LogP contribution in [0.2, 0.25) is 0 Å². The van der Waals surface area contributed by atoms with Crippen molar-refractivity contribution in [2.75, 3.05) is 0 Å². The first-order valence-corrected chi connectivity index (χ1v) is 6.32. The van der Waals surface area contributed by atoms with Crippen LogP contribution in [0.25, 0.3) is 11.1 Å². The van der Waals surface area contributed by atoms with Gasteiger partial charge in [0.2, 0.25) is 0 Å². The van der Waals surface area contributed by atoms with Crippen LogP contribution in [-0.2, 0) is 12.3 Å². The van der Waals surface area contributed by atoms with Gasteiger partial charge in [0.1, 0.15) is 5.52 Å². The van der Waals surface area contributed by atoms with Gasteiger partial charge in [0.05, 0.1) is 11.6 Å². The lowest BCUT2D eigenvalue weighted by atomic mass is 10.0. The molecule has 1 aromatic heterocycles. The number of aromatic nitrogens is 1. The van der Waals surface area contributed by atoms with Gasteiger partial charge in [-0.25, -0.2) is 4.98 Å². The van der Waals surface area contributed by atoms with Crippen LogP contribution in [0.3, 0.4) is 0 Å². The molecule has 3 aromatic rings. The standard InChI is InChI=1S/C16H10F2N2O/c17-16(18,9-11-5-1-2-6-12(11)10-19)15-20-13-7-3-4-8-14(13)21-15/h1-8H,9H2. The van der Waals surface area contributed by atoms with Gasteiger partial charge in [0.15, 0.2) is 5.58 Å². The van der Waals surface area contributed by atoms with Gasteiger partial charge in [-0.3, -0.25) is 0 Å². The number of benzene rings is 2. The Morgan fingerprint density at radius 2 is 1.81 bits per heavy atom. The number of nitriles is 1. The Labute approximate surface area is 119 Å². The second-order valence-corrected chi connectivity index (χ2v) is 4.64. The van der Waals surface area contributed by atoms with E-state index in [0.717, 1.165) is 0 Å². The van der Waals surface area contributed by atoms with Gasteiger partial charge < -0.3 is 4.42 Å². The van der Waals surface area contributed by atoms with Crippen molar-refractivity contribution in [1.29, 1.82) is 5.26 Å². The summed E-state index contributed by atoms with van der Waals surface area (Å²) < 4.78 is 33.8. The van der Waals surface area contributed by atoms with E-state index < -0.39 is 18.2 Å². The first kappa shape index (κ1) is 13.3. The highest BCUT2D eigenvalue weighted by Gasteiger charge is 2.38. The van der Waals surface area contributed by atoms with Gasteiger partial charge in [-0.1, -0.05) is 30.3 Å². The van der Waals surface area contributed by atoms with Gasteiger partial charge in [-0.05, 0) is 23.8 Å². The number of fused-ring (bicyclic) bond motifs is 1. The molecule has 0 spiro atoms. The molecule has 104 valence electrons. The fraction of sp³-hybridized carbons (Fsp3) is 0.125. The molecule has 0 aliphatic rings.